The molecule has 0 saturated heterocycles. The molecule has 1 atom stereocenters. The van der Waals surface area contributed by atoms with Crippen molar-refractivity contribution in [3.63, 3.8) is 0 Å². The summed E-state index contributed by atoms with van der Waals surface area (Å²) < 4.78 is 0. The van der Waals surface area contributed by atoms with Crippen molar-refractivity contribution < 1.29 is 0 Å². The topological polar surface area (TPSA) is 0 Å². The molecule has 0 aromatic heterocycles. The van der Waals surface area contributed by atoms with E-state index < -0.39 is 0 Å². The Labute approximate surface area is 111 Å². The van der Waals surface area contributed by atoms with Crippen LogP contribution >= 0.6 is 0 Å². The molecule has 2 aromatic carbocycles. The molecule has 0 saturated carbocycles. The van der Waals surface area contributed by atoms with Crippen molar-refractivity contribution in [3.8, 4) is 0 Å². The molecule has 2 rings (SSSR count). The second kappa shape index (κ2) is 5.39. The van der Waals surface area contributed by atoms with Crippen molar-refractivity contribution in [2.45, 2.75) is 40.0 Å². The average molecular weight is 238 g/mol. The Morgan fingerprint density at radius 1 is 0.833 bits per heavy atom. The van der Waals surface area contributed by atoms with Gasteiger partial charge in [-0.2, -0.15) is 0 Å². The van der Waals surface area contributed by atoms with E-state index in [1.165, 1.54) is 27.8 Å². The van der Waals surface area contributed by atoms with Gasteiger partial charge < -0.3 is 0 Å². The molecule has 0 nitrogen and oxygen atoms in total. The molecule has 0 N–H and O–H groups in total. The van der Waals surface area contributed by atoms with E-state index in [0.717, 1.165) is 6.42 Å². The molecular formula is C18H22. The lowest BCUT2D eigenvalue weighted by Gasteiger charge is -2.20. The minimum Gasteiger partial charge on any atom is -0.0645 e. The Morgan fingerprint density at radius 2 is 1.50 bits per heavy atom. The first-order valence-electron chi connectivity index (χ1n) is 6.76. The largest absolute Gasteiger partial charge is 0.0645 e. The normalized spacial score (nSPS) is 12.4. The molecule has 2 aromatic rings. The lowest BCUT2D eigenvalue weighted by Crippen LogP contribution is -2.04. The molecule has 0 aliphatic heterocycles. The summed E-state index contributed by atoms with van der Waals surface area (Å²) >= 11 is 0. The fourth-order valence-electron chi connectivity index (χ4n) is 2.80. The Morgan fingerprint density at radius 3 is 2.11 bits per heavy atom. The van der Waals surface area contributed by atoms with Crippen LogP contribution in [0.1, 0.15) is 47.1 Å². The van der Waals surface area contributed by atoms with Crippen molar-refractivity contribution >= 4 is 0 Å². The van der Waals surface area contributed by atoms with Crippen LogP contribution < -0.4 is 0 Å². The minimum absolute atomic E-state index is 0.520. The molecule has 0 radical (unpaired) electrons. The summed E-state index contributed by atoms with van der Waals surface area (Å²) in [5.74, 6) is 0.520. The Balaban J connectivity index is 2.49. The van der Waals surface area contributed by atoms with Gasteiger partial charge in [-0.05, 0) is 49.4 Å². The summed E-state index contributed by atoms with van der Waals surface area (Å²) in [6, 6.07) is 15.6. The molecule has 0 amide bonds. The highest BCUT2D eigenvalue weighted by Gasteiger charge is 2.15. The molecule has 0 heterocycles. The van der Waals surface area contributed by atoms with E-state index in [1.807, 2.05) is 0 Å². The standard InChI is InChI=1S/C18H22/c1-5-16(17-9-7-6-8-14(17)3)18-11-10-13(2)12-15(18)4/h6-12,16H,5H2,1-4H3. The van der Waals surface area contributed by atoms with E-state index in [0.29, 0.717) is 5.92 Å². The maximum atomic E-state index is 2.30. The summed E-state index contributed by atoms with van der Waals surface area (Å²) in [5.41, 5.74) is 7.08. The lowest BCUT2D eigenvalue weighted by atomic mass is 9.84. The highest BCUT2D eigenvalue weighted by atomic mass is 14.2. The Kier molecular flexibility index (Phi) is 3.86. The van der Waals surface area contributed by atoms with Crippen LogP contribution in [0.3, 0.4) is 0 Å². The third-order valence-electron chi connectivity index (χ3n) is 3.77. The molecule has 94 valence electrons. The molecule has 0 aliphatic rings. The zero-order chi connectivity index (χ0) is 13.1. The van der Waals surface area contributed by atoms with Gasteiger partial charge in [0, 0.05) is 5.92 Å². The van der Waals surface area contributed by atoms with E-state index in [-0.39, 0.29) is 0 Å². The molecule has 0 fully saturated rings. The van der Waals surface area contributed by atoms with Gasteiger partial charge in [0.15, 0.2) is 0 Å². The van der Waals surface area contributed by atoms with E-state index in [2.05, 4.69) is 70.2 Å². The van der Waals surface area contributed by atoms with Gasteiger partial charge in [0.05, 0.1) is 0 Å². The monoisotopic (exact) mass is 238 g/mol. The average Bonchev–Trinajstić information content (AvgIpc) is 2.34. The van der Waals surface area contributed by atoms with Crippen LogP contribution in [0.25, 0.3) is 0 Å². The maximum Gasteiger partial charge on any atom is 0.00919 e. The number of rotatable bonds is 3. The summed E-state index contributed by atoms with van der Waals surface area (Å²) in [6.45, 7) is 8.87. The van der Waals surface area contributed by atoms with Crippen molar-refractivity contribution in [1.82, 2.24) is 0 Å². The second-order valence-corrected chi connectivity index (χ2v) is 5.18. The van der Waals surface area contributed by atoms with E-state index >= 15 is 0 Å². The fourth-order valence-corrected chi connectivity index (χ4v) is 2.80. The van der Waals surface area contributed by atoms with Gasteiger partial charge in [0.2, 0.25) is 0 Å². The molecule has 18 heavy (non-hydrogen) atoms. The molecule has 0 bridgehead atoms. The molecule has 0 heteroatoms. The van der Waals surface area contributed by atoms with Crippen LogP contribution in [0.15, 0.2) is 42.5 Å². The van der Waals surface area contributed by atoms with Crippen LogP contribution in [0.5, 0.6) is 0 Å². The van der Waals surface area contributed by atoms with E-state index in [4.69, 9.17) is 0 Å². The Bertz CT molecular complexity index is 537. The van der Waals surface area contributed by atoms with Crippen LogP contribution in [-0.2, 0) is 0 Å². The van der Waals surface area contributed by atoms with Gasteiger partial charge in [-0.3, -0.25) is 0 Å². The minimum atomic E-state index is 0.520. The van der Waals surface area contributed by atoms with E-state index in [1.54, 1.807) is 0 Å². The number of benzene rings is 2. The number of hydrogen-bond acceptors (Lipinski definition) is 0. The van der Waals surface area contributed by atoms with Gasteiger partial charge in [-0.15, -0.1) is 0 Å². The van der Waals surface area contributed by atoms with Crippen molar-refractivity contribution in [2.24, 2.45) is 0 Å². The predicted octanol–water partition coefficient (Wildman–Crippen LogP) is 5.15. The predicted molar refractivity (Wildman–Crippen MR) is 79.2 cm³/mol. The molecule has 0 aliphatic carbocycles. The quantitative estimate of drug-likeness (QED) is 0.693. The molecular weight excluding hydrogens is 216 g/mol. The highest BCUT2D eigenvalue weighted by Crippen LogP contribution is 2.32. The number of hydrogen-bond donors (Lipinski definition) is 0. The van der Waals surface area contributed by atoms with Crippen LogP contribution in [0, 0.1) is 20.8 Å². The van der Waals surface area contributed by atoms with Gasteiger partial charge in [0.25, 0.3) is 0 Å². The Hall–Kier alpha value is -1.56. The van der Waals surface area contributed by atoms with Gasteiger partial charge in [-0.1, -0.05) is 55.0 Å². The zero-order valence-corrected chi connectivity index (χ0v) is 11.8. The van der Waals surface area contributed by atoms with Crippen LogP contribution in [0.4, 0.5) is 0 Å². The molecule has 0 spiro atoms. The third-order valence-corrected chi connectivity index (χ3v) is 3.77. The smallest absolute Gasteiger partial charge is 0.00919 e. The zero-order valence-electron chi connectivity index (χ0n) is 11.8. The highest BCUT2D eigenvalue weighted by molar-refractivity contribution is 5.41. The fraction of sp³-hybridized carbons (Fsp3) is 0.333. The first-order chi connectivity index (χ1) is 8.63. The van der Waals surface area contributed by atoms with Gasteiger partial charge >= 0.3 is 0 Å². The lowest BCUT2D eigenvalue weighted by molar-refractivity contribution is 0.765. The first-order valence-corrected chi connectivity index (χ1v) is 6.76. The summed E-state index contributed by atoms with van der Waals surface area (Å²) in [6.07, 6.45) is 1.15. The van der Waals surface area contributed by atoms with Gasteiger partial charge in [-0.25, -0.2) is 0 Å². The first kappa shape index (κ1) is 12.9. The summed E-state index contributed by atoms with van der Waals surface area (Å²) in [5, 5.41) is 0. The SMILES string of the molecule is CCC(c1ccccc1C)c1ccc(C)cc1C. The van der Waals surface area contributed by atoms with Crippen LogP contribution in [-0.4, -0.2) is 0 Å². The third kappa shape index (κ3) is 2.48. The second-order valence-electron chi connectivity index (χ2n) is 5.18. The maximum absolute atomic E-state index is 2.30. The summed E-state index contributed by atoms with van der Waals surface area (Å²) in [7, 11) is 0. The molecule has 1 unspecified atom stereocenters. The summed E-state index contributed by atoms with van der Waals surface area (Å²) in [4.78, 5) is 0. The van der Waals surface area contributed by atoms with Crippen molar-refractivity contribution in [2.75, 3.05) is 0 Å². The van der Waals surface area contributed by atoms with Crippen LogP contribution in [0.2, 0.25) is 0 Å². The van der Waals surface area contributed by atoms with E-state index in [9.17, 15) is 0 Å². The number of aryl methyl sites for hydroxylation is 3. The van der Waals surface area contributed by atoms with Crippen molar-refractivity contribution in [3.05, 3.63) is 70.3 Å². The van der Waals surface area contributed by atoms with Crippen molar-refractivity contribution in [1.29, 1.82) is 0 Å². The van der Waals surface area contributed by atoms with Gasteiger partial charge in [0.1, 0.15) is 0 Å².